The quantitative estimate of drug-likeness (QED) is 0.756. The molecule has 2 aromatic rings. The molecule has 132 valence electrons. The van der Waals surface area contributed by atoms with Crippen LogP contribution in [-0.4, -0.2) is 46.3 Å². The Kier molecular flexibility index (Phi) is 6.99. The van der Waals surface area contributed by atoms with Crippen LogP contribution >= 0.6 is 11.3 Å². The molecule has 5 nitrogen and oxygen atoms in total. The van der Waals surface area contributed by atoms with Crippen molar-refractivity contribution in [1.29, 1.82) is 0 Å². The van der Waals surface area contributed by atoms with Crippen LogP contribution in [0.5, 0.6) is 0 Å². The molecule has 0 spiro atoms. The lowest BCUT2D eigenvalue weighted by molar-refractivity contribution is 0.0927. The summed E-state index contributed by atoms with van der Waals surface area (Å²) in [5.74, 6) is -0.0526. The van der Waals surface area contributed by atoms with Crippen molar-refractivity contribution in [2.45, 2.75) is 39.7 Å². The number of amides is 1. The third kappa shape index (κ3) is 4.92. The average molecular weight is 349 g/mol. The molecular formula is C18H28N4OS. The summed E-state index contributed by atoms with van der Waals surface area (Å²) < 4.78 is 1.66. The molecule has 0 aliphatic heterocycles. The van der Waals surface area contributed by atoms with Crippen LogP contribution in [0.1, 0.15) is 44.1 Å². The Morgan fingerprint density at radius 3 is 2.79 bits per heavy atom. The highest BCUT2D eigenvalue weighted by Crippen LogP contribution is 2.23. The van der Waals surface area contributed by atoms with E-state index in [1.807, 2.05) is 30.6 Å². The van der Waals surface area contributed by atoms with E-state index in [2.05, 4.69) is 36.1 Å². The number of carbonyl (C=O) groups excluding carboxylic acids is 1. The minimum absolute atomic E-state index is 0.0526. The number of thiophene rings is 1. The second kappa shape index (κ2) is 8.99. The molecule has 1 N–H and O–H groups in total. The van der Waals surface area contributed by atoms with Crippen LogP contribution in [0.4, 0.5) is 0 Å². The zero-order chi connectivity index (χ0) is 17.5. The fourth-order valence-corrected chi connectivity index (χ4v) is 3.44. The van der Waals surface area contributed by atoms with Gasteiger partial charge in [0.25, 0.3) is 5.91 Å². The van der Waals surface area contributed by atoms with Crippen molar-refractivity contribution in [3.8, 4) is 10.6 Å². The molecule has 24 heavy (non-hydrogen) atoms. The molecule has 0 saturated heterocycles. The SMILES string of the molecule is CCN(CC)CCCC(C)NC(=O)c1cc(-c2cccs2)nn1C. The smallest absolute Gasteiger partial charge is 0.269 e. The van der Waals surface area contributed by atoms with Gasteiger partial charge >= 0.3 is 0 Å². The standard InChI is InChI=1S/C18H28N4OS/c1-5-22(6-2)11-7-9-14(3)19-18(23)16-13-15(20-21(16)4)17-10-8-12-24-17/h8,10,12-14H,5-7,9,11H2,1-4H3,(H,19,23). The van der Waals surface area contributed by atoms with Gasteiger partial charge in [0, 0.05) is 13.1 Å². The number of rotatable bonds is 9. The summed E-state index contributed by atoms with van der Waals surface area (Å²) in [6.07, 6.45) is 2.08. The monoisotopic (exact) mass is 348 g/mol. The van der Waals surface area contributed by atoms with E-state index < -0.39 is 0 Å². The third-order valence-electron chi connectivity index (χ3n) is 4.27. The molecule has 2 heterocycles. The minimum atomic E-state index is -0.0526. The van der Waals surface area contributed by atoms with Crippen LogP contribution in [0.2, 0.25) is 0 Å². The second-order valence-electron chi connectivity index (χ2n) is 6.06. The Morgan fingerprint density at radius 1 is 1.42 bits per heavy atom. The molecular weight excluding hydrogens is 320 g/mol. The molecule has 6 heteroatoms. The lowest BCUT2D eigenvalue weighted by Crippen LogP contribution is -2.34. The maximum absolute atomic E-state index is 12.5. The Hall–Kier alpha value is -1.66. The average Bonchev–Trinajstić information content (AvgIpc) is 3.20. The van der Waals surface area contributed by atoms with E-state index >= 15 is 0 Å². The predicted molar refractivity (Wildman–Crippen MR) is 100 cm³/mol. The summed E-state index contributed by atoms with van der Waals surface area (Å²) >= 11 is 1.63. The maximum Gasteiger partial charge on any atom is 0.269 e. The fraction of sp³-hybridized carbons (Fsp3) is 0.556. The van der Waals surface area contributed by atoms with E-state index in [0.717, 1.165) is 43.0 Å². The largest absolute Gasteiger partial charge is 0.348 e. The third-order valence-corrected chi connectivity index (χ3v) is 5.16. The second-order valence-corrected chi connectivity index (χ2v) is 7.01. The van der Waals surface area contributed by atoms with Gasteiger partial charge in [0.1, 0.15) is 11.4 Å². The first-order valence-electron chi connectivity index (χ1n) is 8.66. The van der Waals surface area contributed by atoms with Gasteiger partial charge in [-0.15, -0.1) is 11.3 Å². The Morgan fingerprint density at radius 2 is 2.17 bits per heavy atom. The number of nitrogens with zero attached hydrogens (tertiary/aromatic N) is 3. The molecule has 1 amide bonds. The highest BCUT2D eigenvalue weighted by Gasteiger charge is 2.16. The highest BCUT2D eigenvalue weighted by atomic mass is 32.1. The van der Waals surface area contributed by atoms with Crippen LogP contribution in [0, 0.1) is 0 Å². The number of nitrogens with one attached hydrogen (secondary N) is 1. The maximum atomic E-state index is 12.5. The summed E-state index contributed by atoms with van der Waals surface area (Å²) in [6, 6.07) is 6.04. The van der Waals surface area contributed by atoms with Gasteiger partial charge in [0.05, 0.1) is 4.88 Å². The van der Waals surface area contributed by atoms with Gasteiger partial charge in [-0.2, -0.15) is 5.10 Å². The first-order valence-corrected chi connectivity index (χ1v) is 9.54. The van der Waals surface area contributed by atoms with E-state index in [-0.39, 0.29) is 11.9 Å². The normalized spacial score (nSPS) is 12.5. The van der Waals surface area contributed by atoms with Crippen molar-refractivity contribution < 1.29 is 4.79 Å². The number of hydrogen-bond donors (Lipinski definition) is 1. The van der Waals surface area contributed by atoms with E-state index in [1.54, 1.807) is 16.0 Å². The topological polar surface area (TPSA) is 50.2 Å². The Labute approximate surface area is 148 Å². The Bertz CT molecular complexity index is 631. The van der Waals surface area contributed by atoms with Crippen LogP contribution < -0.4 is 5.32 Å². The predicted octanol–water partition coefficient (Wildman–Crippen LogP) is 3.39. The van der Waals surface area contributed by atoms with Gasteiger partial charge in [-0.1, -0.05) is 19.9 Å². The van der Waals surface area contributed by atoms with Gasteiger partial charge in [-0.05, 0) is 56.9 Å². The van der Waals surface area contributed by atoms with Crippen molar-refractivity contribution in [3.05, 3.63) is 29.3 Å². The van der Waals surface area contributed by atoms with Gasteiger partial charge in [-0.3, -0.25) is 9.48 Å². The lowest BCUT2D eigenvalue weighted by Gasteiger charge is -2.19. The van der Waals surface area contributed by atoms with E-state index in [0.29, 0.717) is 5.69 Å². The molecule has 2 rings (SSSR count). The minimum Gasteiger partial charge on any atom is -0.348 e. The van der Waals surface area contributed by atoms with Gasteiger partial charge in [-0.25, -0.2) is 0 Å². The zero-order valence-electron chi connectivity index (χ0n) is 15.1. The van der Waals surface area contributed by atoms with E-state index in [1.165, 1.54) is 0 Å². The van der Waals surface area contributed by atoms with Crippen LogP contribution in [0.25, 0.3) is 10.6 Å². The molecule has 1 unspecified atom stereocenters. The first kappa shape index (κ1) is 18.7. The van der Waals surface area contributed by atoms with E-state index in [9.17, 15) is 4.79 Å². The summed E-state index contributed by atoms with van der Waals surface area (Å²) in [6.45, 7) is 9.68. The molecule has 0 aliphatic rings. The van der Waals surface area contributed by atoms with Crippen molar-refractivity contribution in [2.24, 2.45) is 7.05 Å². The molecule has 0 aliphatic carbocycles. The summed E-state index contributed by atoms with van der Waals surface area (Å²) in [7, 11) is 1.82. The highest BCUT2D eigenvalue weighted by molar-refractivity contribution is 7.13. The van der Waals surface area contributed by atoms with Crippen molar-refractivity contribution in [2.75, 3.05) is 19.6 Å². The first-order chi connectivity index (χ1) is 11.5. The van der Waals surface area contributed by atoms with Crippen molar-refractivity contribution in [3.63, 3.8) is 0 Å². The van der Waals surface area contributed by atoms with Crippen LogP contribution in [0.3, 0.4) is 0 Å². The molecule has 2 aromatic heterocycles. The number of carbonyl (C=O) groups is 1. The summed E-state index contributed by atoms with van der Waals surface area (Å²) in [5, 5.41) is 9.55. The molecule has 1 atom stereocenters. The van der Waals surface area contributed by atoms with Crippen molar-refractivity contribution >= 4 is 17.2 Å². The van der Waals surface area contributed by atoms with Gasteiger partial charge in [0.15, 0.2) is 0 Å². The Balaban J connectivity index is 1.88. The van der Waals surface area contributed by atoms with Crippen molar-refractivity contribution in [1.82, 2.24) is 20.0 Å². The number of hydrogen-bond acceptors (Lipinski definition) is 4. The van der Waals surface area contributed by atoms with E-state index in [4.69, 9.17) is 0 Å². The zero-order valence-corrected chi connectivity index (χ0v) is 15.9. The van der Waals surface area contributed by atoms with Crippen LogP contribution in [0.15, 0.2) is 23.6 Å². The summed E-state index contributed by atoms with van der Waals surface area (Å²) in [4.78, 5) is 16.0. The van der Waals surface area contributed by atoms with Crippen LogP contribution in [-0.2, 0) is 7.05 Å². The molecule has 0 saturated carbocycles. The number of aryl methyl sites for hydroxylation is 1. The molecule has 0 radical (unpaired) electrons. The molecule has 0 fully saturated rings. The molecule has 0 bridgehead atoms. The molecule has 0 aromatic carbocycles. The lowest BCUT2D eigenvalue weighted by atomic mass is 10.1. The fourth-order valence-electron chi connectivity index (χ4n) is 2.76. The summed E-state index contributed by atoms with van der Waals surface area (Å²) in [5.41, 5.74) is 1.46. The van der Waals surface area contributed by atoms with Gasteiger partial charge in [0.2, 0.25) is 0 Å². The van der Waals surface area contributed by atoms with Gasteiger partial charge < -0.3 is 10.2 Å². The number of aromatic nitrogens is 2.